The van der Waals surface area contributed by atoms with Gasteiger partial charge in [0.15, 0.2) is 5.96 Å². The van der Waals surface area contributed by atoms with Crippen LogP contribution in [0.1, 0.15) is 46.5 Å². The van der Waals surface area contributed by atoms with Crippen LogP contribution in [-0.4, -0.2) is 61.6 Å². The average Bonchev–Trinajstić information content (AvgIpc) is 3.03. The number of nitrogens with zero attached hydrogens (tertiary/aromatic N) is 3. The summed E-state index contributed by atoms with van der Waals surface area (Å²) in [6.07, 6.45) is 5.30. The lowest BCUT2D eigenvalue weighted by Crippen LogP contribution is -2.41. The van der Waals surface area contributed by atoms with Crippen molar-refractivity contribution < 1.29 is 0 Å². The van der Waals surface area contributed by atoms with Gasteiger partial charge in [-0.05, 0) is 58.0 Å². The largest absolute Gasteiger partial charge is 0.357 e. The van der Waals surface area contributed by atoms with Crippen molar-refractivity contribution in [3.63, 3.8) is 0 Å². The number of hydrogen-bond acceptors (Lipinski definition) is 2. The molecule has 2 aliphatic heterocycles. The Morgan fingerprint density at radius 1 is 1.29 bits per heavy atom. The molecular formula is C17H34N4. The van der Waals surface area contributed by atoms with Crippen molar-refractivity contribution in [1.82, 2.24) is 15.1 Å². The van der Waals surface area contributed by atoms with Crippen LogP contribution < -0.4 is 5.32 Å². The molecule has 122 valence electrons. The third-order valence-corrected chi connectivity index (χ3v) is 4.85. The molecule has 2 atom stereocenters. The summed E-state index contributed by atoms with van der Waals surface area (Å²) >= 11 is 0. The molecular weight excluding hydrogens is 260 g/mol. The maximum atomic E-state index is 4.93. The van der Waals surface area contributed by atoms with Crippen molar-refractivity contribution in [2.75, 3.05) is 39.8 Å². The monoisotopic (exact) mass is 294 g/mol. The van der Waals surface area contributed by atoms with Crippen LogP contribution in [0.5, 0.6) is 0 Å². The van der Waals surface area contributed by atoms with Crippen LogP contribution in [0.3, 0.4) is 0 Å². The van der Waals surface area contributed by atoms with E-state index < -0.39 is 0 Å². The molecule has 0 amide bonds. The third-order valence-electron chi connectivity index (χ3n) is 4.85. The highest BCUT2D eigenvalue weighted by Gasteiger charge is 2.26. The molecule has 2 aliphatic rings. The Balaban J connectivity index is 1.89. The maximum absolute atomic E-state index is 4.93. The normalized spacial score (nSPS) is 27.9. The highest BCUT2D eigenvalue weighted by Crippen LogP contribution is 2.23. The van der Waals surface area contributed by atoms with Gasteiger partial charge in [-0.25, -0.2) is 0 Å². The molecule has 2 fully saturated rings. The Kier molecular flexibility index (Phi) is 6.34. The fourth-order valence-corrected chi connectivity index (χ4v) is 3.71. The number of rotatable bonds is 5. The first-order chi connectivity index (χ1) is 10.1. The van der Waals surface area contributed by atoms with Gasteiger partial charge in [0.2, 0.25) is 0 Å². The van der Waals surface area contributed by atoms with Gasteiger partial charge >= 0.3 is 0 Å². The zero-order valence-electron chi connectivity index (χ0n) is 14.4. The Labute approximate surface area is 131 Å². The van der Waals surface area contributed by atoms with Gasteiger partial charge in [0.25, 0.3) is 0 Å². The fraction of sp³-hybridized carbons (Fsp3) is 0.941. The first-order valence-electron chi connectivity index (χ1n) is 8.83. The van der Waals surface area contributed by atoms with E-state index in [4.69, 9.17) is 4.99 Å². The first-order valence-corrected chi connectivity index (χ1v) is 8.83. The van der Waals surface area contributed by atoms with Crippen molar-refractivity contribution >= 4 is 5.96 Å². The van der Waals surface area contributed by atoms with Crippen molar-refractivity contribution in [1.29, 1.82) is 0 Å². The highest BCUT2D eigenvalue weighted by atomic mass is 15.3. The van der Waals surface area contributed by atoms with E-state index in [1.54, 1.807) is 0 Å². The topological polar surface area (TPSA) is 30.9 Å². The molecule has 0 aliphatic carbocycles. The molecule has 2 unspecified atom stereocenters. The summed E-state index contributed by atoms with van der Waals surface area (Å²) in [6.45, 7) is 12.3. The number of nitrogens with one attached hydrogen (secondary N) is 1. The van der Waals surface area contributed by atoms with Crippen LogP contribution in [-0.2, 0) is 0 Å². The van der Waals surface area contributed by atoms with Gasteiger partial charge in [0, 0.05) is 25.7 Å². The van der Waals surface area contributed by atoms with Crippen molar-refractivity contribution in [2.24, 2.45) is 16.8 Å². The van der Waals surface area contributed by atoms with Gasteiger partial charge in [-0.2, -0.15) is 0 Å². The van der Waals surface area contributed by atoms with E-state index in [9.17, 15) is 0 Å². The predicted octanol–water partition coefficient (Wildman–Crippen LogP) is 2.41. The quantitative estimate of drug-likeness (QED) is 0.624. The summed E-state index contributed by atoms with van der Waals surface area (Å²) in [5.41, 5.74) is 0. The van der Waals surface area contributed by atoms with E-state index in [0.29, 0.717) is 6.04 Å². The van der Waals surface area contributed by atoms with Crippen LogP contribution in [0.4, 0.5) is 0 Å². The lowest BCUT2D eigenvalue weighted by Gasteiger charge is -2.24. The molecule has 0 aromatic carbocycles. The van der Waals surface area contributed by atoms with Crippen molar-refractivity contribution in [3.8, 4) is 0 Å². The second-order valence-electron chi connectivity index (χ2n) is 7.20. The van der Waals surface area contributed by atoms with Gasteiger partial charge < -0.3 is 15.1 Å². The second kappa shape index (κ2) is 8.02. The minimum Gasteiger partial charge on any atom is -0.357 e. The molecule has 4 nitrogen and oxygen atoms in total. The van der Waals surface area contributed by atoms with Crippen LogP contribution in [0.2, 0.25) is 0 Å². The summed E-state index contributed by atoms with van der Waals surface area (Å²) in [4.78, 5) is 9.87. The Bertz CT molecular complexity index is 340. The van der Waals surface area contributed by atoms with Crippen LogP contribution in [0, 0.1) is 11.8 Å². The van der Waals surface area contributed by atoms with E-state index in [2.05, 4.69) is 42.9 Å². The van der Waals surface area contributed by atoms with E-state index >= 15 is 0 Å². The molecule has 0 radical (unpaired) electrons. The van der Waals surface area contributed by atoms with E-state index in [0.717, 1.165) is 30.9 Å². The lowest BCUT2D eigenvalue weighted by atomic mass is 9.97. The fourth-order valence-electron chi connectivity index (χ4n) is 3.71. The van der Waals surface area contributed by atoms with Crippen LogP contribution in [0.25, 0.3) is 0 Å². The highest BCUT2D eigenvalue weighted by molar-refractivity contribution is 5.80. The van der Waals surface area contributed by atoms with Gasteiger partial charge in [0.05, 0.1) is 6.54 Å². The summed E-state index contributed by atoms with van der Waals surface area (Å²) in [6, 6.07) is 0.646. The SMILES string of the molecule is CCNC(=NCC1CCCN1C)N1CCC(CC(C)C)C1. The molecule has 0 aromatic rings. The Hall–Kier alpha value is -0.770. The number of hydrogen-bond donors (Lipinski definition) is 1. The van der Waals surface area contributed by atoms with Gasteiger partial charge in [-0.15, -0.1) is 0 Å². The number of likely N-dealkylation sites (tertiary alicyclic amines) is 2. The summed E-state index contributed by atoms with van der Waals surface area (Å²) < 4.78 is 0. The maximum Gasteiger partial charge on any atom is 0.193 e. The van der Waals surface area contributed by atoms with Gasteiger partial charge in [-0.1, -0.05) is 13.8 Å². The minimum absolute atomic E-state index is 0.646. The van der Waals surface area contributed by atoms with E-state index in [1.807, 2.05) is 0 Å². The molecule has 0 saturated carbocycles. The zero-order valence-corrected chi connectivity index (χ0v) is 14.4. The molecule has 0 spiro atoms. The van der Waals surface area contributed by atoms with E-state index in [-0.39, 0.29) is 0 Å². The molecule has 2 rings (SSSR count). The van der Waals surface area contributed by atoms with Gasteiger partial charge in [-0.3, -0.25) is 4.99 Å². The third kappa shape index (κ3) is 4.87. The number of aliphatic imine (C=N–C) groups is 1. The smallest absolute Gasteiger partial charge is 0.193 e. The molecule has 4 heteroatoms. The predicted molar refractivity (Wildman–Crippen MR) is 90.8 cm³/mol. The van der Waals surface area contributed by atoms with Crippen LogP contribution in [0.15, 0.2) is 4.99 Å². The van der Waals surface area contributed by atoms with E-state index in [1.165, 1.54) is 45.3 Å². The second-order valence-corrected chi connectivity index (χ2v) is 7.20. The summed E-state index contributed by atoms with van der Waals surface area (Å²) in [5, 5.41) is 3.49. The van der Waals surface area contributed by atoms with Crippen LogP contribution >= 0.6 is 0 Å². The number of guanidine groups is 1. The molecule has 1 N–H and O–H groups in total. The first kappa shape index (κ1) is 16.6. The van der Waals surface area contributed by atoms with Crippen molar-refractivity contribution in [2.45, 2.75) is 52.5 Å². The molecule has 0 aromatic heterocycles. The Morgan fingerprint density at radius 3 is 2.71 bits per heavy atom. The summed E-state index contributed by atoms with van der Waals surface area (Å²) in [5.74, 6) is 2.80. The standard InChI is InChI=1S/C17H34N4/c1-5-18-17(19-12-16-7-6-9-20(16)4)21-10-8-15(13-21)11-14(2)3/h14-16H,5-13H2,1-4H3,(H,18,19). The van der Waals surface area contributed by atoms with Crippen molar-refractivity contribution in [3.05, 3.63) is 0 Å². The lowest BCUT2D eigenvalue weighted by molar-refractivity contribution is 0.316. The molecule has 2 heterocycles. The Morgan fingerprint density at radius 2 is 2.10 bits per heavy atom. The molecule has 2 saturated heterocycles. The zero-order chi connectivity index (χ0) is 15.2. The molecule has 0 bridgehead atoms. The summed E-state index contributed by atoms with van der Waals surface area (Å²) in [7, 11) is 2.23. The average molecular weight is 294 g/mol. The number of likely N-dealkylation sites (N-methyl/N-ethyl adjacent to an activating group) is 1. The minimum atomic E-state index is 0.646. The van der Waals surface area contributed by atoms with Gasteiger partial charge in [0.1, 0.15) is 0 Å². The molecule has 21 heavy (non-hydrogen) atoms.